The molecule has 0 heterocycles. The lowest BCUT2D eigenvalue weighted by atomic mass is 9.92. The minimum atomic E-state index is -0.0436. The van der Waals surface area contributed by atoms with Crippen LogP contribution in [0, 0.1) is 0 Å². The van der Waals surface area contributed by atoms with Crippen LogP contribution >= 0.6 is 24.0 Å². The van der Waals surface area contributed by atoms with Gasteiger partial charge in [0.25, 0.3) is 0 Å². The van der Waals surface area contributed by atoms with Crippen LogP contribution in [0.15, 0.2) is 17.0 Å². The molecule has 0 saturated carbocycles. The zero-order valence-electron chi connectivity index (χ0n) is 15.8. The maximum Gasteiger partial charge on any atom is 0.171 e. The van der Waals surface area contributed by atoms with E-state index in [2.05, 4.69) is 78.2 Å². The number of anilines is 1. The number of hydrogen-bond donors (Lipinski definition) is 2. The largest absolute Gasteiger partial charge is 0.358 e. The normalized spacial score (nSPS) is 11.9. The van der Waals surface area contributed by atoms with E-state index in [1.54, 1.807) is 0 Å². The summed E-state index contributed by atoms with van der Waals surface area (Å²) in [5.41, 5.74) is 3.81. The van der Waals surface area contributed by atoms with Crippen molar-refractivity contribution in [1.82, 2.24) is 5.32 Å². The van der Waals surface area contributed by atoms with E-state index >= 15 is 0 Å². The third-order valence-corrected chi connectivity index (χ3v) is 4.52. The summed E-state index contributed by atoms with van der Waals surface area (Å²) in [6.07, 6.45) is 0. The van der Waals surface area contributed by atoms with Gasteiger partial charge in [0.15, 0.2) is 5.11 Å². The third kappa shape index (κ3) is 6.34. The van der Waals surface area contributed by atoms with Crippen molar-refractivity contribution in [2.24, 2.45) is 0 Å². The number of rotatable bonds is 5. The van der Waals surface area contributed by atoms with Crippen LogP contribution in [0.2, 0.25) is 0 Å². The van der Waals surface area contributed by atoms with Gasteiger partial charge in [-0.15, -0.1) is 11.8 Å². The van der Waals surface area contributed by atoms with Gasteiger partial charge in [0.05, 0.1) is 0 Å². The maximum absolute atomic E-state index is 5.53. The molecule has 2 nitrogen and oxygen atoms in total. The number of nitrogens with one attached hydrogen (secondary N) is 2. The van der Waals surface area contributed by atoms with Crippen molar-refractivity contribution in [2.45, 2.75) is 77.7 Å². The lowest BCUT2D eigenvalue weighted by molar-refractivity contribution is 0.515. The highest BCUT2D eigenvalue weighted by atomic mass is 32.2. The summed E-state index contributed by atoms with van der Waals surface area (Å²) in [5.74, 6) is 1.99. The molecular weight excluding hydrogens is 320 g/mol. The highest BCUT2D eigenvalue weighted by molar-refractivity contribution is 7.99. The minimum Gasteiger partial charge on any atom is -0.358 e. The SMILES string of the molecule is CCSc1cc(C(C)C)c(NC(=S)NC(C)(C)C)c(C(C)C)c1. The Morgan fingerprint density at radius 2 is 1.57 bits per heavy atom. The molecule has 0 aliphatic rings. The van der Waals surface area contributed by atoms with E-state index in [4.69, 9.17) is 12.2 Å². The third-order valence-electron chi connectivity index (χ3n) is 3.45. The molecule has 0 aliphatic carbocycles. The fraction of sp³-hybridized carbons (Fsp3) is 0.632. The lowest BCUT2D eigenvalue weighted by Crippen LogP contribution is -2.43. The van der Waals surface area contributed by atoms with Crippen molar-refractivity contribution in [3.63, 3.8) is 0 Å². The first-order valence-corrected chi connectivity index (χ1v) is 9.84. The average molecular weight is 353 g/mol. The van der Waals surface area contributed by atoms with E-state index in [9.17, 15) is 0 Å². The van der Waals surface area contributed by atoms with E-state index in [-0.39, 0.29) is 5.54 Å². The Morgan fingerprint density at radius 1 is 1.09 bits per heavy atom. The molecule has 0 aliphatic heterocycles. The first-order valence-electron chi connectivity index (χ1n) is 8.45. The molecule has 0 atom stereocenters. The Balaban J connectivity index is 3.29. The Kier molecular flexibility index (Phi) is 7.40. The second-order valence-corrected chi connectivity index (χ2v) is 9.29. The zero-order chi connectivity index (χ0) is 17.8. The first kappa shape index (κ1) is 20.3. The van der Waals surface area contributed by atoms with Crippen LogP contribution in [0.1, 0.15) is 78.4 Å². The summed E-state index contributed by atoms with van der Waals surface area (Å²) in [6.45, 7) is 17.5. The summed E-state index contributed by atoms with van der Waals surface area (Å²) in [5, 5.41) is 7.53. The number of thiocarbonyl (C=S) groups is 1. The Hall–Kier alpha value is -0.740. The van der Waals surface area contributed by atoms with Gasteiger partial charge in [-0.1, -0.05) is 34.6 Å². The van der Waals surface area contributed by atoms with Crippen LogP contribution in [0.4, 0.5) is 5.69 Å². The van der Waals surface area contributed by atoms with Gasteiger partial charge in [0.1, 0.15) is 0 Å². The molecule has 0 aromatic heterocycles. The summed E-state index contributed by atoms with van der Waals surface area (Å²) in [4.78, 5) is 1.35. The van der Waals surface area contributed by atoms with Gasteiger partial charge in [0, 0.05) is 16.1 Å². The predicted octanol–water partition coefficient (Wildman–Crippen LogP) is 6.13. The van der Waals surface area contributed by atoms with Crippen LogP contribution in [-0.2, 0) is 0 Å². The Morgan fingerprint density at radius 3 is 1.91 bits per heavy atom. The number of benzene rings is 1. The highest BCUT2D eigenvalue weighted by Gasteiger charge is 2.18. The first-order chi connectivity index (χ1) is 10.5. The van der Waals surface area contributed by atoms with Gasteiger partial charge in [-0.3, -0.25) is 0 Å². The van der Waals surface area contributed by atoms with Crippen LogP contribution in [-0.4, -0.2) is 16.4 Å². The fourth-order valence-corrected chi connectivity index (χ4v) is 3.61. The topological polar surface area (TPSA) is 24.1 Å². The van der Waals surface area contributed by atoms with Crippen molar-refractivity contribution in [3.8, 4) is 0 Å². The fourth-order valence-electron chi connectivity index (χ4n) is 2.45. The van der Waals surface area contributed by atoms with Gasteiger partial charge in [-0.2, -0.15) is 0 Å². The monoisotopic (exact) mass is 352 g/mol. The molecule has 0 amide bonds. The molecule has 0 saturated heterocycles. The van der Waals surface area contributed by atoms with Crippen molar-refractivity contribution in [2.75, 3.05) is 11.1 Å². The van der Waals surface area contributed by atoms with Crippen LogP contribution in [0.5, 0.6) is 0 Å². The molecule has 0 spiro atoms. The molecular formula is C19H32N2S2. The molecule has 130 valence electrons. The molecule has 23 heavy (non-hydrogen) atoms. The van der Waals surface area contributed by atoms with E-state index < -0.39 is 0 Å². The lowest BCUT2D eigenvalue weighted by Gasteiger charge is -2.27. The molecule has 0 fully saturated rings. The Labute approximate surface area is 152 Å². The van der Waals surface area contributed by atoms with Crippen LogP contribution in [0.25, 0.3) is 0 Å². The van der Waals surface area contributed by atoms with E-state index in [1.807, 2.05) is 11.8 Å². The average Bonchev–Trinajstić information content (AvgIpc) is 2.37. The molecule has 0 unspecified atom stereocenters. The van der Waals surface area contributed by atoms with Crippen molar-refractivity contribution in [3.05, 3.63) is 23.3 Å². The zero-order valence-corrected chi connectivity index (χ0v) is 17.5. The van der Waals surface area contributed by atoms with Crippen molar-refractivity contribution < 1.29 is 0 Å². The number of thioether (sulfide) groups is 1. The van der Waals surface area contributed by atoms with E-state index in [0.717, 1.165) is 5.75 Å². The maximum atomic E-state index is 5.53. The molecule has 4 heteroatoms. The quantitative estimate of drug-likeness (QED) is 0.491. The predicted molar refractivity (Wildman–Crippen MR) is 110 cm³/mol. The van der Waals surface area contributed by atoms with Crippen molar-refractivity contribution in [1.29, 1.82) is 0 Å². The van der Waals surface area contributed by atoms with Gasteiger partial charge >= 0.3 is 0 Å². The van der Waals surface area contributed by atoms with Gasteiger partial charge in [-0.25, -0.2) is 0 Å². The van der Waals surface area contributed by atoms with Crippen molar-refractivity contribution >= 4 is 34.8 Å². The van der Waals surface area contributed by atoms with Crippen LogP contribution in [0.3, 0.4) is 0 Å². The summed E-state index contributed by atoms with van der Waals surface area (Å²) >= 11 is 7.43. The minimum absolute atomic E-state index is 0.0436. The standard InChI is InChI=1S/C19H32N2S2/c1-9-23-14-10-15(12(2)3)17(16(11-14)13(4)5)20-18(22)21-19(6,7)8/h10-13H,9H2,1-8H3,(H2,20,21,22). The molecule has 1 rings (SSSR count). The molecule has 1 aromatic rings. The van der Waals surface area contributed by atoms with Crippen LogP contribution < -0.4 is 10.6 Å². The van der Waals surface area contributed by atoms with Gasteiger partial charge in [-0.05, 0) is 73.8 Å². The molecule has 1 aromatic carbocycles. The molecule has 0 radical (unpaired) electrons. The molecule has 2 N–H and O–H groups in total. The smallest absolute Gasteiger partial charge is 0.171 e. The van der Waals surface area contributed by atoms with Gasteiger partial charge < -0.3 is 10.6 Å². The molecule has 0 bridgehead atoms. The highest BCUT2D eigenvalue weighted by Crippen LogP contribution is 2.36. The second kappa shape index (κ2) is 8.39. The van der Waals surface area contributed by atoms with E-state index in [1.165, 1.54) is 21.7 Å². The second-order valence-electron chi connectivity index (χ2n) is 7.55. The summed E-state index contributed by atoms with van der Waals surface area (Å²) in [7, 11) is 0. The van der Waals surface area contributed by atoms with Gasteiger partial charge in [0.2, 0.25) is 0 Å². The summed E-state index contributed by atoms with van der Waals surface area (Å²) < 4.78 is 0. The number of hydrogen-bond acceptors (Lipinski definition) is 2. The summed E-state index contributed by atoms with van der Waals surface area (Å²) in [6, 6.07) is 4.62. The Bertz CT molecular complexity index is 514. The van der Waals surface area contributed by atoms with E-state index in [0.29, 0.717) is 16.9 Å².